The Hall–Kier alpha value is -0.430. The third-order valence-electron chi connectivity index (χ3n) is 4.10. The van der Waals surface area contributed by atoms with Crippen LogP contribution in [-0.2, 0) is 7.05 Å². The highest BCUT2D eigenvalue weighted by molar-refractivity contribution is 9.10. The van der Waals surface area contributed by atoms with Crippen molar-refractivity contribution in [3.05, 3.63) is 16.4 Å². The smallest absolute Gasteiger partial charge is 0.0692 e. The molecule has 5 nitrogen and oxygen atoms in total. The number of aryl methyl sites for hydroxylation is 1. The highest BCUT2D eigenvalue weighted by Crippen LogP contribution is 2.27. The Labute approximate surface area is 124 Å². The number of hydrogen-bond donors (Lipinski definition) is 1. The molecule has 6 heteroatoms. The largest absolute Gasteiger partial charge is 0.312 e. The molecule has 1 N–H and O–H groups in total. The van der Waals surface area contributed by atoms with Crippen LogP contribution >= 0.6 is 15.9 Å². The van der Waals surface area contributed by atoms with Crippen molar-refractivity contribution in [3.8, 4) is 0 Å². The molecular formula is C13H24BrN5. The molecule has 19 heavy (non-hydrogen) atoms. The van der Waals surface area contributed by atoms with Gasteiger partial charge in [-0.05, 0) is 43.5 Å². The van der Waals surface area contributed by atoms with E-state index in [2.05, 4.69) is 50.2 Å². The van der Waals surface area contributed by atoms with Crippen LogP contribution in [0.15, 0.2) is 10.7 Å². The Balaban J connectivity index is 2.10. The molecule has 0 amide bonds. The second kappa shape index (κ2) is 6.35. The molecule has 2 atom stereocenters. The molecule has 1 aromatic heterocycles. The Morgan fingerprint density at radius 1 is 1.42 bits per heavy atom. The van der Waals surface area contributed by atoms with Gasteiger partial charge in [-0.25, -0.2) is 0 Å². The minimum Gasteiger partial charge on any atom is -0.312 e. The molecular weight excluding hydrogens is 306 g/mol. The minimum absolute atomic E-state index is 0.320. The predicted molar refractivity (Wildman–Crippen MR) is 81.2 cm³/mol. The van der Waals surface area contributed by atoms with Crippen molar-refractivity contribution in [2.24, 2.45) is 7.05 Å². The molecule has 108 valence electrons. The van der Waals surface area contributed by atoms with Crippen molar-refractivity contribution in [1.82, 2.24) is 24.9 Å². The fraction of sp³-hybridized carbons (Fsp3) is 0.769. The second-order valence-electron chi connectivity index (χ2n) is 5.47. The lowest BCUT2D eigenvalue weighted by atomic mass is 10.0. The zero-order chi connectivity index (χ0) is 14.0. The Morgan fingerprint density at radius 2 is 2.16 bits per heavy atom. The van der Waals surface area contributed by atoms with Crippen molar-refractivity contribution in [2.75, 3.05) is 40.8 Å². The lowest BCUT2D eigenvalue weighted by Crippen LogP contribution is -2.51. The zero-order valence-corrected chi connectivity index (χ0v) is 13.8. The molecule has 0 aromatic carbocycles. The summed E-state index contributed by atoms with van der Waals surface area (Å²) in [7, 11) is 8.45. The molecule has 1 saturated heterocycles. The second-order valence-corrected chi connectivity index (χ2v) is 6.33. The quantitative estimate of drug-likeness (QED) is 0.896. The maximum atomic E-state index is 4.32. The number of piperazine rings is 1. The Bertz CT molecular complexity index is 400. The van der Waals surface area contributed by atoms with Crippen LogP contribution in [0.4, 0.5) is 0 Å². The molecule has 1 aliphatic heterocycles. The van der Waals surface area contributed by atoms with Crippen LogP contribution in [-0.4, -0.2) is 66.4 Å². The number of nitrogens with zero attached hydrogens (tertiary/aromatic N) is 4. The normalized spacial score (nSPS) is 23.7. The van der Waals surface area contributed by atoms with Gasteiger partial charge in [-0.3, -0.25) is 4.68 Å². The maximum Gasteiger partial charge on any atom is 0.0692 e. The molecule has 1 aromatic rings. The highest BCUT2D eigenvalue weighted by atomic mass is 79.9. The fourth-order valence-electron chi connectivity index (χ4n) is 2.81. The number of rotatable bonds is 4. The van der Waals surface area contributed by atoms with E-state index in [4.69, 9.17) is 0 Å². The molecule has 0 spiro atoms. The van der Waals surface area contributed by atoms with Crippen molar-refractivity contribution < 1.29 is 0 Å². The van der Waals surface area contributed by atoms with Crippen LogP contribution in [0.25, 0.3) is 0 Å². The number of likely N-dealkylation sites (N-methyl/N-ethyl adjacent to an activating group) is 2. The standard InChI is InChI=1S/C13H24BrN5/c1-15-12(13-11(14)8-16-19(13)4)7-10-9-17(2)5-6-18(10)3/h8,10,12,15H,5-7,9H2,1-4H3. The van der Waals surface area contributed by atoms with E-state index in [0.717, 1.165) is 30.5 Å². The van der Waals surface area contributed by atoms with Crippen LogP contribution in [0.3, 0.4) is 0 Å². The van der Waals surface area contributed by atoms with Crippen LogP contribution in [0.5, 0.6) is 0 Å². The van der Waals surface area contributed by atoms with Crippen LogP contribution in [0, 0.1) is 0 Å². The van der Waals surface area contributed by atoms with E-state index in [1.54, 1.807) is 0 Å². The van der Waals surface area contributed by atoms with Crippen LogP contribution in [0.1, 0.15) is 18.2 Å². The summed E-state index contributed by atoms with van der Waals surface area (Å²) >= 11 is 3.60. The first kappa shape index (κ1) is 15.0. The summed E-state index contributed by atoms with van der Waals surface area (Å²) in [6.45, 7) is 3.43. The summed E-state index contributed by atoms with van der Waals surface area (Å²) in [5.41, 5.74) is 1.23. The van der Waals surface area contributed by atoms with Gasteiger partial charge in [0.25, 0.3) is 0 Å². The maximum absolute atomic E-state index is 4.32. The predicted octanol–water partition coefficient (Wildman–Crippen LogP) is 1.08. The Morgan fingerprint density at radius 3 is 2.74 bits per heavy atom. The fourth-order valence-corrected chi connectivity index (χ4v) is 3.43. The third kappa shape index (κ3) is 3.37. The highest BCUT2D eigenvalue weighted by Gasteiger charge is 2.27. The van der Waals surface area contributed by atoms with Crippen LogP contribution < -0.4 is 5.32 Å². The van der Waals surface area contributed by atoms with E-state index in [1.807, 2.05) is 25.0 Å². The first-order valence-corrected chi connectivity index (χ1v) is 7.55. The van der Waals surface area contributed by atoms with Crippen molar-refractivity contribution in [1.29, 1.82) is 0 Å². The van der Waals surface area contributed by atoms with Gasteiger partial charge >= 0.3 is 0 Å². The molecule has 0 aliphatic carbocycles. The van der Waals surface area contributed by atoms with Gasteiger partial charge in [0.05, 0.1) is 22.4 Å². The molecule has 0 saturated carbocycles. The molecule has 2 rings (SSSR count). The number of aromatic nitrogens is 2. The van der Waals surface area contributed by atoms with Gasteiger partial charge in [0.15, 0.2) is 0 Å². The first-order chi connectivity index (χ1) is 9.02. The number of nitrogens with one attached hydrogen (secondary N) is 1. The van der Waals surface area contributed by atoms with E-state index >= 15 is 0 Å². The van der Waals surface area contributed by atoms with Gasteiger partial charge in [-0.1, -0.05) is 0 Å². The van der Waals surface area contributed by atoms with E-state index in [9.17, 15) is 0 Å². The molecule has 0 radical (unpaired) electrons. The third-order valence-corrected chi connectivity index (χ3v) is 4.72. The van der Waals surface area contributed by atoms with Crippen LogP contribution in [0.2, 0.25) is 0 Å². The summed E-state index contributed by atoms with van der Waals surface area (Å²) in [5.74, 6) is 0. The van der Waals surface area contributed by atoms with Gasteiger partial charge in [0, 0.05) is 32.7 Å². The molecule has 2 heterocycles. The van der Waals surface area contributed by atoms with Gasteiger partial charge in [-0.2, -0.15) is 5.10 Å². The van der Waals surface area contributed by atoms with E-state index in [1.165, 1.54) is 5.69 Å². The first-order valence-electron chi connectivity index (χ1n) is 6.76. The molecule has 1 fully saturated rings. The number of hydrogen-bond acceptors (Lipinski definition) is 4. The van der Waals surface area contributed by atoms with E-state index in [-0.39, 0.29) is 0 Å². The summed E-state index contributed by atoms with van der Waals surface area (Å²) in [6.07, 6.45) is 2.96. The van der Waals surface area contributed by atoms with Crippen molar-refractivity contribution in [2.45, 2.75) is 18.5 Å². The van der Waals surface area contributed by atoms with Crippen molar-refractivity contribution >= 4 is 15.9 Å². The summed E-state index contributed by atoms with van der Waals surface area (Å²) in [5, 5.41) is 7.75. The zero-order valence-electron chi connectivity index (χ0n) is 12.2. The van der Waals surface area contributed by atoms with E-state index in [0.29, 0.717) is 12.1 Å². The minimum atomic E-state index is 0.320. The number of halogens is 1. The van der Waals surface area contributed by atoms with Gasteiger partial charge in [0.1, 0.15) is 0 Å². The summed E-state index contributed by atoms with van der Waals surface area (Å²) in [4.78, 5) is 4.88. The SMILES string of the molecule is CNC(CC1CN(C)CCN1C)c1c(Br)cnn1C. The summed E-state index contributed by atoms with van der Waals surface area (Å²) in [6, 6.07) is 0.902. The van der Waals surface area contributed by atoms with Gasteiger partial charge < -0.3 is 15.1 Å². The van der Waals surface area contributed by atoms with Gasteiger partial charge in [-0.15, -0.1) is 0 Å². The average molecular weight is 330 g/mol. The summed E-state index contributed by atoms with van der Waals surface area (Å²) < 4.78 is 3.04. The van der Waals surface area contributed by atoms with E-state index < -0.39 is 0 Å². The molecule has 2 unspecified atom stereocenters. The van der Waals surface area contributed by atoms with Gasteiger partial charge in [0.2, 0.25) is 0 Å². The monoisotopic (exact) mass is 329 g/mol. The molecule has 0 bridgehead atoms. The topological polar surface area (TPSA) is 36.3 Å². The Kier molecular flexibility index (Phi) is 5.00. The lowest BCUT2D eigenvalue weighted by molar-refractivity contribution is 0.101. The lowest BCUT2D eigenvalue weighted by Gasteiger charge is -2.39. The van der Waals surface area contributed by atoms with Crippen molar-refractivity contribution in [3.63, 3.8) is 0 Å². The average Bonchev–Trinajstić information content (AvgIpc) is 2.71. The molecule has 1 aliphatic rings.